The molecule has 0 bridgehead atoms. The maximum atomic E-state index is 10.8. The Morgan fingerprint density at radius 3 is 2.18 bits per heavy atom. The predicted molar refractivity (Wildman–Crippen MR) is 56.4 cm³/mol. The topological polar surface area (TPSA) is 121 Å². The van der Waals surface area contributed by atoms with Gasteiger partial charge in [-0.25, -0.2) is 4.79 Å². The minimum Gasteiger partial charge on any atom is -0.508 e. The van der Waals surface area contributed by atoms with Crippen LogP contribution in [0.1, 0.15) is 5.56 Å². The highest BCUT2D eigenvalue weighted by atomic mass is 32.3. The molecule has 0 saturated heterocycles. The van der Waals surface area contributed by atoms with Crippen molar-refractivity contribution in [1.29, 1.82) is 0 Å². The van der Waals surface area contributed by atoms with Crippen LogP contribution >= 0.6 is 0 Å². The van der Waals surface area contributed by atoms with Gasteiger partial charge in [0, 0.05) is 12.1 Å². The highest BCUT2D eigenvalue weighted by Crippen LogP contribution is 2.21. The molecule has 0 radical (unpaired) electrons. The second-order valence-corrected chi connectivity index (χ2v) is 3.97. The van der Waals surface area contributed by atoms with E-state index >= 15 is 0 Å². The molecule has 0 amide bonds. The molecule has 1 rings (SSSR count). The van der Waals surface area contributed by atoms with E-state index in [4.69, 9.17) is 14.8 Å². The van der Waals surface area contributed by atoms with Crippen LogP contribution in [0.25, 0.3) is 6.08 Å². The number of benzene rings is 1. The van der Waals surface area contributed by atoms with Gasteiger partial charge in [0.25, 0.3) is 0 Å². The van der Waals surface area contributed by atoms with E-state index in [-0.39, 0.29) is 17.1 Å². The zero-order valence-electron chi connectivity index (χ0n) is 8.27. The van der Waals surface area contributed by atoms with Crippen LogP contribution < -0.4 is 0 Å². The number of aromatic hydroxyl groups is 2. The average molecular weight is 260 g/mol. The number of phenols is 2. The van der Waals surface area contributed by atoms with Gasteiger partial charge >= 0.3 is 16.4 Å². The van der Waals surface area contributed by atoms with Crippen LogP contribution in [0.3, 0.4) is 0 Å². The van der Waals surface area contributed by atoms with Crippen LogP contribution in [-0.4, -0.2) is 29.2 Å². The van der Waals surface area contributed by atoms with Gasteiger partial charge in [0.15, 0.2) is 0 Å². The fourth-order valence-corrected chi connectivity index (χ4v) is 1.27. The maximum Gasteiger partial charge on any atom is 0.449 e. The molecule has 0 aliphatic heterocycles. The van der Waals surface area contributed by atoms with Gasteiger partial charge < -0.3 is 14.4 Å². The second-order valence-electron chi connectivity index (χ2n) is 2.95. The van der Waals surface area contributed by atoms with E-state index in [0.717, 1.165) is 12.1 Å². The fraction of sp³-hybridized carbons (Fsp3) is 0. The summed E-state index contributed by atoms with van der Waals surface area (Å²) in [5.74, 6) is -1.77. The first-order valence-electron chi connectivity index (χ1n) is 4.18. The summed E-state index contributed by atoms with van der Waals surface area (Å²) < 4.78 is 32.1. The van der Waals surface area contributed by atoms with Gasteiger partial charge in [-0.05, 0) is 23.8 Å². The predicted octanol–water partition coefficient (Wildman–Crippen LogP) is 0.457. The summed E-state index contributed by atoms with van der Waals surface area (Å²) >= 11 is 0. The van der Waals surface area contributed by atoms with Crippen LogP contribution in [0.4, 0.5) is 0 Å². The Balaban J connectivity index is 2.80. The number of carbonyl (C=O) groups is 1. The fourth-order valence-electron chi connectivity index (χ4n) is 1.01. The molecule has 0 aliphatic rings. The van der Waals surface area contributed by atoms with Crippen molar-refractivity contribution in [3.63, 3.8) is 0 Å². The zero-order valence-corrected chi connectivity index (χ0v) is 9.09. The van der Waals surface area contributed by atoms with E-state index in [0.29, 0.717) is 6.08 Å². The molecule has 0 saturated carbocycles. The molecule has 0 unspecified atom stereocenters. The number of carbonyl (C=O) groups excluding carboxylic acids is 1. The summed E-state index contributed by atoms with van der Waals surface area (Å²) in [7, 11) is -4.84. The summed E-state index contributed by atoms with van der Waals surface area (Å²) in [5.41, 5.74) is 0.245. The molecule has 8 heteroatoms. The van der Waals surface area contributed by atoms with Gasteiger partial charge in [-0.2, -0.15) is 8.42 Å². The van der Waals surface area contributed by atoms with Gasteiger partial charge in [-0.1, -0.05) is 0 Å². The standard InChI is InChI=1S/C9H8O7S/c10-7-3-6(4-8(11)5-7)1-2-9(12)16-17(13,14)15/h1-5,10-11H,(H,13,14,15)/b2-1+. The molecule has 0 spiro atoms. The van der Waals surface area contributed by atoms with Crippen molar-refractivity contribution in [2.75, 3.05) is 0 Å². The number of phenolic OH excluding ortho intramolecular Hbond substituents is 2. The third-order valence-electron chi connectivity index (χ3n) is 1.52. The molecule has 17 heavy (non-hydrogen) atoms. The molecule has 0 aliphatic carbocycles. The van der Waals surface area contributed by atoms with E-state index in [9.17, 15) is 13.2 Å². The van der Waals surface area contributed by atoms with Crippen molar-refractivity contribution in [1.82, 2.24) is 0 Å². The molecule has 0 heterocycles. The Bertz CT molecular complexity index is 538. The van der Waals surface area contributed by atoms with Gasteiger partial charge in [-0.3, -0.25) is 4.55 Å². The average Bonchev–Trinajstić information content (AvgIpc) is 2.10. The smallest absolute Gasteiger partial charge is 0.449 e. The van der Waals surface area contributed by atoms with E-state index in [1.165, 1.54) is 12.1 Å². The number of hydrogen-bond donors (Lipinski definition) is 3. The van der Waals surface area contributed by atoms with Crippen LogP contribution in [0.2, 0.25) is 0 Å². The van der Waals surface area contributed by atoms with E-state index < -0.39 is 16.4 Å². The van der Waals surface area contributed by atoms with Gasteiger partial charge in [0.2, 0.25) is 0 Å². The normalized spacial score (nSPS) is 11.6. The van der Waals surface area contributed by atoms with Crippen LogP contribution in [0, 0.1) is 0 Å². The summed E-state index contributed by atoms with van der Waals surface area (Å²) in [4.78, 5) is 10.8. The molecule has 0 aromatic heterocycles. The Kier molecular flexibility index (Phi) is 3.71. The molecule has 1 aromatic rings. The second kappa shape index (κ2) is 4.85. The quantitative estimate of drug-likeness (QED) is 0.533. The molecule has 92 valence electrons. The summed E-state index contributed by atoms with van der Waals surface area (Å²) in [6.07, 6.45) is 1.80. The van der Waals surface area contributed by atoms with Crippen molar-refractivity contribution in [3.05, 3.63) is 29.8 Å². The van der Waals surface area contributed by atoms with Crippen molar-refractivity contribution in [2.45, 2.75) is 0 Å². The molecular formula is C9H8O7S. The Hall–Kier alpha value is -2.06. The van der Waals surface area contributed by atoms with Crippen molar-refractivity contribution in [2.24, 2.45) is 0 Å². The molecule has 0 atom stereocenters. The van der Waals surface area contributed by atoms with E-state index in [2.05, 4.69) is 4.18 Å². The minimum absolute atomic E-state index is 0.229. The van der Waals surface area contributed by atoms with Gasteiger partial charge in [0.05, 0.1) is 0 Å². The lowest BCUT2D eigenvalue weighted by molar-refractivity contribution is -0.128. The highest BCUT2D eigenvalue weighted by Gasteiger charge is 2.09. The molecule has 7 nitrogen and oxygen atoms in total. The Labute approximate surface area is 96.5 Å². The molecule has 3 N–H and O–H groups in total. The zero-order chi connectivity index (χ0) is 13.1. The van der Waals surface area contributed by atoms with Crippen molar-refractivity contribution >= 4 is 22.4 Å². The van der Waals surface area contributed by atoms with Crippen LogP contribution in [0.15, 0.2) is 24.3 Å². The lowest BCUT2D eigenvalue weighted by Crippen LogP contribution is -2.08. The first-order chi connectivity index (χ1) is 7.76. The number of hydrogen-bond acceptors (Lipinski definition) is 6. The van der Waals surface area contributed by atoms with Crippen molar-refractivity contribution < 1.29 is 32.2 Å². The SMILES string of the molecule is O=C(/C=C/c1cc(O)cc(O)c1)OS(=O)(=O)O. The lowest BCUT2D eigenvalue weighted by atomic mass is 10.2. The van der Waals surface area contributed by atoms with Crippen LogP contribution in [0.5, 0.6) is 11.5 Å². The summed E-state index contributed by atoms with van der Waals surface area (Å²) in [6, 6.07) is 3.52. The third-order valence-corrected chi connectivity index (χ3v) is 1.90. The minimum atomic E-state index is -4.84. The maximum absolute atomic E-state index is 10.8. The molecule has 0 fully saturated rings. The van der Waals surface area contributed by atoms with Crippen LogP contribution in [-0.2, 0) is 19.4 Å². The van der Waals surface area contributed by atoms with Gasteiger partial charge in [0.1, 0.15) is 11.5 Å². The molecular weight excluding hydrogens is 252 g/mol. The summed E-state index contributed by atoms with van der Waals surface area (Å²) in [6.45, 7) is 0. The van der Waals surface area contributed by atoms with E-state index in [1.807, 2.05) is 0 Å². The monoisotopic (exact) mass is 260 g/mol. The largest absolute Gasteiger partial charge is 0.508 e. The first-order valence-corrected chi connectivity index (χ1v) is 5.55. The number of rotatable bonds is 3. The third kappa shape index (κ3) is 5.00. The Morgan fingerprint density at radius 2 is 1.71 bits per heavy atom. The summed E-state index contributed by atoms with van der Waals surface area (Å²) in [5, 5.41) is 18.2. The molecule has 1 aromatic carbocycles. The first kappa shape index (κ1) is 13.0. The van der Waals surface area contributed by atoms with Gasteiger partial charge in [-0.15, -0.1) is 0 Å². The van der Waals surface area contributed by atoms with Crippen molar-refractivity contribution in [3.8, 4) is 11.5 Å². The van der Waals surface area contributed by atoms with E-state index in [1.54, 1.807) is 0 Å². The Morgan fingerprint density at radius 1 is 1.18 bits per heavy atom. The highest BCUT2D eigenvalue weighted by molar-refractivity contribution is 7.81. The lowest BCUT2D eigenvalue weighted by Gasteiger charge is -1.98.